The van der Waals surface area contributed by atoms with Gasteiger partial charge in [0.25, 0.3) is 11.5 Å². The zero-order valence-corrected chi connectivity index (χ0v) is 12.8. The van der Waals surface area contributed by atoms with Crippen molar-refractivity contribution in [1.82, 2.24) is 9.47 Å². The maximum atomic E-state index is 12.6. The first-order chi connectivity index (χ1) is 11.5. The summed E-state index contributed by atoms with van der Waals surface area (Å²) in [5.41, 5.74) is 0.935. The summed E-state index contributed by atoms with van der Waals surface area (Å²) in [5.74, 6) is -0.505. The maximum Gasteiger partial charge on any atom is 0.433 e. The first-order valence-corrected chi connectivity index (χ1v) is 7.76. The second kappa shape index (κ2) is 5.33. The van der Waals surface area contributed by atoms with Gasteiger partial charge in [-0.05, 0) is 24.5 Å². The Morgan fingerprint density at radius 2 is 2.04 bits per heavy atom. The van der Waals surface area contributed by atoms with E-state index in [2.05, 4.69) is 0 Å². The van der Waals surface area contributed by atoms with Crippen molar-refractivity contribution in [2.75, 3.05) is 13.1 Å². The van der Waals surface area contributed by atoms with Gasteiger partial charge >= 0.3 is 5.88 Å². The molecule has 124 valence electrons. The van der Waals surface area contributed by atoms with Gasteiger partial charge in [-0.2, -0.15) is 0 Å². The minimum absolute atomic E-state index is 0.0105. The lowest BCUT2D eigenvalue weighted by molar-refractivity contribution is -0.402. The molecule has 0 spiro atoms. The molecular formula is C16H15N3O5. The summed E-state index contributed by atoms with van der Waals surface area (Å²) in [5, 5.41) is 10.7. The Bertz CT molecular complexity index is 884. The smallest absolute Gasteiger partial charge is 0.395 e. The molecule has 1 amide bonds. The fraction of sp³-hybridized carbons (Fsp3) is 0.375. The van der Waals surface area contributed by atoms with Crippen molar-refractivity contribution in [2.24, 2.45) is 5.92 Å². The lowest BCUT2D eigenvalue weighted by Gasteiger charge is -2.42. The fourth-order valence-electron chi connectivity index (χ4n) is 3.76. The molecule has 2 atom stereocenters. The van der Waals surface area contributed by atoms with Crippen molar-refractivity contribution < 1.29 is 14.1 Å². The normalized spacial score (nSPS) is 22.1. The summed E-state index contributed by atoms with van der Waals surface area (Å²) in [6.45, 7) is 1.59. The molecule has 0 aromatic carbocycles. The number of amides is 1. The summed E-state index contributed by atoms with van der Waals surface area (Å²) >= 11 is 0. The molecule has 2 bridgehead atoms. The van der Waals surface area contributed by atoms with Gasteiger partial charge in [-0.15, -0.1) is 0 Å². The number of piperidine rings is 1. The predicted molar refractivity (Wildman–Crippen MR) is 82.8 cm³/mol. The third-order valence-electron chi connectivity index (χ3n) is 4.75. The number of fused-ring (bicyclic) bond motifs is 4. The lowest BCUT2D eigenvalue weighted by Crippen LogP contribution is -2.49. The largest absolute Gasteiger partial charge is 0.433 e. The average Bonchev–Trinajstić information content (AvgIpc) is 3.05. The van der Waals surface area contributed by atoms with Gasteiger partial charge in [0.2, 0.25) is 0 Å². The monoisotopic (exact) mass is 329 g/mol. The van der Waals surface area contributed by atoms with Crippen molar-refractivity contribution in [3.63, 3.8) is 0 Å². The molecule has 8 nitrogen and oxygen atoms in total. The van der Waals surface area contributed by atoms with Crippen LogP contribution in [0.25, 0.3) is 0 Å². The second-order valence-electron chi connectivity index (χ2n) is 6.30. The van der Waals surface area contributed by atoms with Crippen LogP contribution < -0.4 is 5.56 Å². The number of carbonyl (C=O) groups is 1. The summed E-state index contributed by atoms with van der Waals surface area (Å²) in [4.78, 5) is 36.3. The van der Waals surface area contributed by atoms with E-state index in [1.807, 2.05) is 6.07 Å². The standard InChI is InChI=1S/C16H15N3O5/c20-14-3-1-2-12-11-6-10(8-18(12)14)7-17(9-11)16(21)13-4-5-15(24-13)19(22)23/h1-5,10-11H,6-9H2/t10-,11-/m0/s1. The number of aromatic nitrogens is 1. The molecule has 0 aliphatic carbocycles. The Balaban J connectivity index is 1.60. The van der Waals surface area contributed by atoms with Crippen LogP contribution in [0.15, 0.2) is 39.5 Å². The van der Waals surface area contributed by atoms with Crippen molar-refractivity contribution in [1.29, 1.82) is 0 Å². The van der Waals surface area contributed by atoms with Crippen LogP contribution in [-0.4, -0.2) is 33.4 Å². The van der Waals surface area contributed by atoms with Crippen molar-refractivity contribution in [3.05, 3.63) is 62.3 Å². The first-order valence-electron chi connectivity index (χ1n) is 7.76. The summed E-state index contributed by atoms with van der Waals surface area (Å²) in [6.07, 6.45) is 0.936. The quantitative estimate of drug-likeness (QED) is 0.616. The number of rotatable bonds is 2. The third-order valence-corrected chi connectivity index (χ3v) is 4.75. The van der Waals surface area contributed by atoms with Crippen LogP contribution in [0.2, 0.25) is 0 Å². The molecule has 2 aromatic rings. The molecule has 2 aromatic heterocycles. The van der Waals surface area contributed by atoms with Gasteiger partial charge in [-0.25, -0.2) is 0 Å². The number of furan rings is 1. The molecule has 1 fully saturated rings. The lowest BCUT2D eigenvalue weighted by atomic mass is 9.83. The van der Waals surface area contributed by atoms with Crippen LogP contribution in [0, 0.1) is 16.0 Å². The van der Waals surface area contributed by atoms with Crippen LogP contribution in [0.5, 0.6) is 0 Å². The molecule has 0 radical (unpaired) electrons. The summed E-state index contributed by atoms with van der Waals surface area (Å²) in [7, 11) is 0. The van der Waals surface area contributed by atoms with E-state index in [-0.39, 0.29) is 29.1 Å². The summed E-state index contributed by atoms with van der Waals surface area (Å²) in [6, 6.07) is 7.74. The van der Waals surface area contributed by atoms with Gasteiger partial charge in [0.1, 0.15) is 4.92 Å². The van der Waals surface area contributed by atoms with Crippen LogP contribution >= 0.6 is 0 Å². The predicted octanol–water partition coefficient (Wildman–Crippen LogP) is 1.61. The number of likely N-dealkylation sites (tertiary alicyclic amines) is 1. The fourth-order valence-corrected chi connectivity index (χ4v) is 3.76. The average molecular weight is 329 g/mol. The van der Waals surface area contributed by atoms with Gasteiger partial charge in [0.05, 0.1) is 6.07 Å². The highest BCUT2D eigenvalue weighted by Gasteiger charge is 2.37. The topological polar surface area (TPSA) is 98.6 Å². The van der Waals surface area contributed by atoms with E-state index in [4.69, 9.17) is 4.42 Å². The minimum atomic E-state index is -0.662. The molecule has 1 saturated heterocycles. The zero-order valence-electron chi connectivity index (χ0n) is 12.8. The Hall–Kier alpha value is -2.90. The van der Waals surface area contributed by atoms with Crippen LogP contribution in [0.3, 0.4) is 0 Å². The number of pyridine rings is 1. The highest BCUT2D eigenvalue weighted by atomic mass is 16.6. The molecule has 0 N–H and O–H groups in total. The van der Waals surface area contributed by atoms with E-state index in [1.165, 1.54) is 12.1 Å². The third kappa shape index (κ3) is 2.31. The van der Waals surface area contributed by atoms with Crippen molar-refractivity contribution >= 4 is 11.8 Å². The Morgan fingerprint density at radius 3 is 2.79 bits per heavy atom. The van der Waals surface area contributed by atoms with Crippen LogP contribution in [0.1, 0.15) is 28.6 Å². The van der Waals surface area contributed by atoms with Gasteiger partial charge in [0.15, 0.2) is 5.76 Å². The first kappa shape index (κ1) is 14.7. The van der Waals surface area contributed by atoms with Crippen LogP contribution in [0.4, 0.5) is 5.88 Å². The minimum Gasteiger partial charge on any atom is -0.395 e. The maximum absolute atomic E-state index is 12.6. The zero-order chi connectivity index (χ0) is 16.8. The molecule has 2 aliphatic rings. The van der Waals surface area contributed by atoms with E-state index < -0.39 is 10.8 Å². The summed E-state index contributed by atoms with van der Waals surface area (Å²) < 4.78 is 6.82. The number of nitrogens with zero attached hydrogens (tertiary/aromatic N) is 3. The van der Waals surface area contributed by atoms with Gasteiger partial charge in [0, 0.05) is 37.3 Å². The SMILES string of the molecule is O=C(c1ccc([N+](=O)[O-])o1)N1C[C@@H]2C[C@@H](C1)c1cccc(=O)n1C2. The van der Waals surface area contributed by atoms with Gasteiger partial charge in [-0.3, -0.25) is 19.7 Å². The number of hydrogen-bond acceptors (Lipinski definition) is 5. The molecule has 2 aliphatic heterocycles. The molecule has 8 heteroatoms. The molecule has 4 rings (SSSR count). The van der Waals surface area contributed by atoms with Crippen molar-refractivity contribution in [3.8, 4) is 0 Å². The van der Waals surface area contributed by atoms with Crippen LogP contribution in [-0.2, 0) is 6.54 Å². The number of nitro groups is 1. The number of hydrogen-bond donors (Lipinski definition) is 0. The molecular weight excluding hydrogens is 314 g/mol. The number of carbonyl (C=O) groups excluding carboxylic acids is 1. The Kier molecular flexibility index (Phi) is 3.26. The molecule has 4 heterocycles. The van der Waals surface area contributed by atoms with E-state index in [0.717, 1.165) is 12.1 Å². The highest BCUT2D eigenvalue weighted by molar-refractivity contribution is 5.91. The van der Waals surface area contributed by atoms with E-state index in [1.54, 1.807) is 21.6 Å². The Labute approximate surface area is 136 Å². The van der Waals surface area contributed by atoms with E-state index >= 15 is 0 Å². The molecule has 0 unspecified atom stereocenters. The highest BCUT2D eigenvalue weighted by Crippen LogP contribution is 2.35. The van der Waals surface area contributed by atoms with E-state index in [9.17, 15) is 19.7 Å². The second-order valence-corrected chi connectivity index (χ2v) is 6.30. The Morgan fingerprint density at radius 1 is 1.21 bits per heavy atom. The van der Waals surface area contributed by atoms with Crippen molar-refractivity contribution in [2.45, 2.75) is 18.9 Å². The van der Waals surface area contributed by atoms with Gasteiger partial charge in [-0.1, -0.05) is 6.07 Å². The molecule has 0 saturated carbocycles. The van der Waals surface area contributed by atoms with Gasteiger partial charge < -0.3 is 13.9 Å². The van der Waals surface area contributed by atoms with E-state index in [0.29, 0.717) is 19.6 Å². The molecule has 24 heavy (non-hydrogen) atoms.